The van der Waals surface area contributed by atoms with Gasteiger partial charge < -0.3 is 10.2 Å². The lowest BCUT2D eigenvalue weighted by Gasteiger charge is -2.34. The topological polar surface area (TPSA) is 98.8 Å². The van der Waals surface area contributed by atoms with Gasteiger partial charge in [-0.2, -0.15) is 0 Å². The first-order valence-electron chi connectivity index (χ1n) is 9.55. The summed E-state index contributed by atoms with van der Waals surface area (Å²) in [7, 11) is -3.62. The molecule has 1 aromatic rings. The molecule has 0 saturated carbocycles. The Morgan fingerprint density at radius 3 is 2.36 bits per heavy atom. The minimum absolute atomic E-state index is 0.0213. The second-order valence-corrected chi connectivity index (χ2v) is 9.04. The lowest BCUT2D eigenvalue weighted by atomic mass is 10.1. The van der Waals surface area contributed by atoms with Gasteiger partial charge >= 0.3 is 0 Å². The van der Waals surface area contributed by atoms with E-state index in [1.807, 2.05) is 18.7 Å². The summed E-state index contributed by atoms with van der Waals surface area (Å²) in [5.41, 5.74) is 1.13. The van der Waals surface area contributed by atoms with Gasteiger partial charge in [-0.25, -0.2) is 13.1 Å². The summed E-state index contributed by atoms with van der Waals surface area (Å²) in [6.07, 6.45) is 0. The van der Waals surface area contributed by atoms with Gasteiger partial charge in [0.05, 0.1) is 11.4 Å². The predicted molar refractivity (Wildman–Crippen MR) is 108 cm³/mol. The molecule has 1 aliphatic heterocycles. The second kappa shape index (κ2) is 9.49. The van der Waals surface area contributed by atoms with Crippen LogP contribution in [0.2, 0.25) is 0 Å². The van der Waals surface area contributed by atoms with E-state index < -0.39 is 10.0 Å². The monoisotopic (exact) mass is 410 g/mol. The quantitative estimate of drug-likeness (QED) is 0.685. The zero-order valence-electron chi connectivity index (χ0n) is 17.0. The summed E-state index contributed by atoms with van der Waals surface area (Å²) >= 11 is 0. The standard InChI is InChI=1S/C19H30N4O4S/c1-5-20-28(26,27)16-7-6-15(4)17(12-16)19(25)23-10-8-22(9-11-23)13-18(24)21-14(2)3/h6-7,12,14,20H,5,8-11,13H2,1-4H3,(H,21,24). The Hall–Kier alpha value is -1.97. The fourth-order valence-corrected chi connectivity index (χ4v) is 4.19. The predicted octanol–water partition coefficient (Wildman–Crippen LogP) is 0.576. The average molecular weight is 411 g/mol. The number of carbonyl (C=O) groups is 2. The molecule has 8 nitrogen and oxygen atoms in total. The number of amides is 2. The highest BCUT2D eigenvalue weighted by atomic mass is 32.2. The number of aryl methyl sites for hydroxylation is 1. The lowest BCUT2D eigenvalue weighted by molar-refractivity contribution is -0.123. The summed E-state index contributed by atoms with van der Waals surface area (Å²) in [6.45, 7) is 10.1. The lowest BCUT2D eigenvalue weighted by Crippen LogP contribution is -2.51. The largest absolute Gasteiger partial charge is 0.353 e. The maximum Gasteiger partial charge on any atom is 0.254 e. The molecule has 1 heterocycles. The molecule has 0 spiro atoms. The molecule has 2 rings (SSSR count). The average Bonchev–Trinajstić information content (AvgIpc) is 2.61. The Morgan fingerprint density at radius 2 is 1.79 bits per heavy atom. The van der Waals surface area contributed by atoms with E-state index in [0.29, 0.717) is 38.3 Å². The van der Waals surface area contributed by atoms with Crippen LogP contribution >= 0.6 is 0 Å². The number of nitrogens with one attached hydrogen (secondary N) is 2. The second-order valence-electron chi connectivity index (χ2n) is 7.27. The zero-order chi connectivity index (χ0) is 20.9. The number of hydrogen-bond acceptors (Lipinski definition) is 5. The van der Waals surface area contributed by atoms with Crippen LogP contribution < -0.4 is 10.0 Å². The molecule has 2 amide bonds. The van der Waals surface area contributed by atoms with Gasteiger partial charge in [-0.15, -0.1) is 0 Å². The smallest absolute Gasteiger partial charge is 0.254 e. The first-order valence-corrected chi connectivity index (χ1v) is 11.0. The zero-order valence-corrected chi connectivity index (χ0v) is 17.8. The molecule has 1 aromatic carbocycles. The molecule has 1 saturated heterocycles. The van der Waals surface area contributed by atoms with Gasteiger partial charge in [-0.1, -0.05) is 13.0 Å². The molecule has 156 valence electrons. The van der Waals surface area contributed by atoms with Crippen molar-refractivity contribution in [3.8, 4) is 0 Å². The number of hydrogen-bond donors (Lipinski definition) is 2. The number of piperazine rings is 1. The number of sulfonamides is 1. The molecule has 0 bridgehead atoms. The first kappa shape index (κ1) is 22.3. The molecule has 1 aliphatic rings. The van der Waals surface area contributed by atoms with Crippen LogP contribution in [-0.4, -0.2) is 75.3 Å². The molecule has 2 N–H and O–H groups in total. The van der Waals surface area contributed by atoms with Gasteiger partial charge in [0.25, 0.3) is 5.91 Å². The van der Waals surface area contributed by atoms with Gasteiger partial charge in [0, 0.05) is 44.3 Å². The molecular formula is C19H30N4O4S. The Kier molecular flexibility index (Phi) is 7.56. The van der Waals surface area contributed by atoms with Crippen LogP contribution in [-0.2, 0) is 14.8 Å². The maximum atomic E-state index is 12.9. The first-order chi connectivity index (χ1) is 13.1. The van der Waals surface area contributed by atoms with Gasteiger partial charge in [-0.05, 0) is 38.5 Å². The summed E-state index contributed by atoms with van der Waals surface area (Å²) in [4.78, 5) is 28.7. The van der Waals surface area contributed by atoms with E-state index in [-0.39, 0.29) is 29.3 Å². The van der Waals surface area contributed by atoms with Gasteiger partial charge in [0.15, 0.2) is 0 Å². The van der Waals surface area contributed by atoms with Crippen LogP contribution in [0.15, 0.2) is 23.1 Å². The number of rotatable bonds is 7. The summed E-state index contributed by atoms with van der Waals surface area (Å²) < 4.78 is 26.9. The van der Waals surface area contributed by atoms with Crippen molar-refractivity contribution in [1.29, 1.82) is 0 Å². The van der Waals surface area contributed by atoms with E-state index >= 15 is 0 Å². The normalized spacial score (nSPS) is 15.7. The fraction of sp³-hybridized carbons (Fsp3) is 0.579. The van der Waals surface area contributed by atoms with Crippen molar-refractivity contribution in [2.45, 2.75) is 38.6 Å². The highest BCUT2D eigenvalue weighted by molar-refractivity contribution is 7.89. The molecule has 1 fully saturated rings. The number of nitrogens with zero attached hydrogens (tertiary/aromatic N) is 2. The minimum atomic E-state index is -3.62. The molecule has 9 heteroatoms. The van der Waals surface area contributed by atoms with Crippen molar-refractivity contribution >= 4 is 21.8 Å². The third-order valence-corrected chi connectivity index (χ3v) is 6.10. The van der Waals surface area contributed by atoms with Crippen molar-refractivity contribution in [1.82, 2.24) is 19.8 Å². The Labute approximate surface area is 167 Å². The van der Waals surface area contributed by atoms with Gasteiger partial charge in [0.2, 0.25) is 15.9 Å². The van der Waals surface area contributed by atoms with E-state index in [0.717, 1.165) is 5.56 Å². The summed E-state index contributed by atoms with van der Waals surface area (Å²) in [5, 5.41) is 2.86. The number of benzene rings is 1. The fourth-order valence-electron chi connectivity index (χ4n) is 3.12. The molecule has 0 aromatic heterocycles. The van der Waals surface area contributed by atoms with E-state index in [1.54, 1.807) is 24.8 Å². The molecular weight excluding hydrogens is 380 g/mol. The Morgan fingerprint density at radius 1 is 1.14 bits per heavy atom. The minimum Gasteiger partial charge on any atom is -0.353 e. The third-order valence-electron chi connectivity index (χ3n) is 4.56. The van der Waals surface area contributed by atoms with Crippen molar-refractivity contribution in [2.75, 3.05) is 39.3 Å². The van der Waals surface area contributed by atoms with Crippen molar-refractivity contribution in [2.24, 2.45) is 0 Å². The molecule has 0 aliphatic carbocycles. The molecule has 28 heavy (non-hydrogen) atoms. The third kappa shape index (κ3) is 5.76. The summed E-state index contributed by atoms with van der Waals surface area (Å²) in [5.74, 6) is -0.204. The van der Waals surface area contributed by atoms with Crippen molar-refractivity contribution in [3.05, 3.63) is 29.3 Å². The summed E-state index contributed by atoms with van der Waals surface area (Å²) in [6, 6.07) is 4.71. The molecule has 0 unspecified atom stereocenters. The van der Waals surface area contributed by atoms with E-state index in [4.69, 9.17) is 0 Å². The SMILES string of the molecule is CCNS(=O)(=O)c1ccc(C)c(C(=O)N2CCN(CC(=O)NC(C)C)CC2)c1. The van der Waals surface area contributed by atoms with Crippen LogP contribution in [0.4, 0.5) is 0 Å². The van der Waals surface area contributed by atoms with Crippen LogP contribution in [0.5, 0.6) is 0 Å². The van der Waals surface area contributed by atoms with Crippen LogP contribution in [0.25, 0.3) is 0 Å². The highest BCUT2D eigenvalue weighted by Crippen LogP contribution is 2.18. The maximum absolute atomic E-state index is 12.9. The van der Waals surface area contributed by atoms with Crippen LogP contribution in [0.3, 0.4) is 0 Å². The molecule has 0 atom stereocenters. The molecule has 0 radical (unpaired) electrons. The van der Waals surface area contributed by atoms with Crippen molar-refractivity contribution in [3.63, 3.8) is 0 Å². The van der Waals surface area contributed by atoms with Crippen molar-refractivity contribution < 1.29 is 18.0 Å². The van der Waals surface area contributed by atoms with Crippen LogP contribution in [0, 0.1) is 6.92 Å². The van der Waals surface area contributed by atoms with Gasteiger partial charge in [0.1, 0.15) is 0 Å². The van der Waals surface area contributed by atoms with Gasteiger partial charge in [-0.3, -0.25) is 14.5 Å². The Bertz CT molecular complexity index is 815. The van der Waals surface area contributed by atoms with Crippen LogP contribution in [0.1, 0.15) is 36.7 Å². The Balaban J connectivity index is 2.04. The van der Waals surface area contributed by atoms with E-state index in [2.05, 4.69) is 10.0 Å². The van der Waals surface area contributed by atoms with E-state index in [1.165, 1.54) is 12.1 Å². The van der Waals surface area contributed by atoms with E-state index in [9.17, 15) is 18.0 Å². The number of carbonyl (C=O) groups excluding carboxylic acids is 2. The highest BCUT2D eigenvalue weighted by Gasteiger charge is 2.25.